The Labute approximate surface area is 122 Å². The molecule has 114 valence electrons. The predicted molar refractivity (Wildman–Crippen MR) is 75.7 cm³/mol. The molecule has 7 heteroatoms. The van der Waals surface area contributed by atoms with Crippen LogP contribution in [0.1, 0.15) is 30.1 Å². The second kappa shape index (κ2) is 6.62. The van der Waals surface area contributed by atoms with Crippen molar-refractivity contribution in [3.8, 4) is 0 Å². The van der Waals surface area contributed by atoms with E-state index in [0.717, 1.165) is 31.8 Å². The van der Waals surface area contributed by atoms with Gasteiger partial charge in [-0.1, -0.05) is 0 Å². The van der Waals surface area contributed by atoms with Crippen LogP contribution >= 0.6 is 0 Å². The highest BCUT2D eigenvalue weighted by molar-refractivity contribution is 5.94. The van der Waals surface area contributed by atoms with Crippen LogP contribution in [0.5, 0.6) is 0 Å². The molecule has 1 aromatic rings. The largest absolute Gasteiger partial charge is 0.348 e. The minimum Gasteiger partial charge on any atom is -0.348 e. The molecule has 1 atom stereocenters. The van der Waals surface area contributed by atoms with E-state index in [1.807, 2.05) is 6.92 Å². The normalized spacial score (nSPS) is 16.7. The Hall–Kier alpha value is -2.02. The molecule has 1 amide bonds. The Morgan fingerprint density at radius 2 is 2.14 bits per heavy atom. The maximum absolute atomic E-state index is 13.5. The molecule has 2 rings (SSSR count). The Morgan fingerprint density at radius 1 is 1.48 bits per heavy atom. The highest BCUT2D eigenvalue weighted by atomic mass is 19.1. The van der Waals surface area contributed by atoms with Crippen molar-refractivity contribution < 1.29 is 14.1 Å². The number of nitro groups is 1. The molecular formula is C14H18FN3O3. The second-order valence-electron chi connectivity index (χ2n) is 5.31. The lowest BCUT2D eigenvalue weighted by molar-refractivity contribution is -0.387. The Bertz CT molecular complexity index is 544. The number of benzene rings is 1. The van der Waals surface area contributed by atoms with Gasteiger partial charge < -0.3 is 10.2 Å². The van der Waals surface area contributed by atoms with Crippen LogP contribution in [0.3, 0.4) is 0 Å². The fourth-order valence-electron chi connectivity index (χ4n) is 2.50. The number of nitrogens with one attached hydrogen (secondary N) is 1. The molecule has 6 nitrogen and oxygen atoms in total. The van der Waals surface area contributed by atoms with Crippen molar-refractivity contribution in [2.75, 3.05) is 19.6 Å². The van der Waals surface area contributed by atoms with Gasteiger partial charge in [-0.3, -0.25) is 14.9 Å². The van der Waals surface area contributed by atoms with Crippen LogP contribution in [0, 0.1) is 15.9 Å². The highest BCUT2D eigenvalue weighted by Crippen LogP contribution is 2.18. The fourth-order valence-corrected chi connectivity index (χ4v) is 2.50. The molecule has 0 saturated carbocycles. The first-order valence-corrected chi connectivity index (χ1v) is 6.94. The number of halogens is 1. The van der Waals surface area contributed by atoms with E-state index in [1.54, 1.807) is 0 Å². The minimum absolute atomic E-state index is 0.0612. The highest BCUT2D eigenvalue weighted by Gasteiger charge is 2.19. The van der Waals surface area contributed by atoms with E-state index in [1.165, 1.54) is 18.9 Å². The zero-order chi connectivity index (χ0) is 15.4. The maximum Gasteiger partial charge on any atom is 0.304 e. The molecular weight excluding hydrogens is 277 g/mol. The smallest absolute Gasteiger partial charge is 0.304 e. The lowest BCUT2D eigenvalue weighted by atomic mass is 10.1. The van der Waals surface area contributed by atoms with Crippen LogP contribution in [0.2, 0.25) is 0 Å². The van der Waals surface area contributed by atoms with Crippen LogP contribution in [0.4, 0.5) is 10.1 Å². The third-order valence-electron chi connectivity index (χ3n) is 3.51. The van der Waals surface area contributed by atoms with Gasteiger partial charge in [0.1, 0.15) is 0 Å². The quantitative estimate of drug-likeness (QED) is 0.665. The molecule has 0 aromatic heterocycles. The summed E-state index contributed by atoms with van der Waals surface area (Å²) in [5, 5.41) is 13.3. The predicted octanol–water partition coefficient (Wildman–Crippen LogP) is 1.95. The topological polar surface area (TPSA) is 75.5 Å². The summed E-state index contributed by atoms with van der Waals surface area (Å²) in [5.41, 5.74) is -0.539. The monoisotopic (exact) mass is 295 g/mol. The SMILES string of the molecule is CC(CN1CCCC1)NC(=O)c1ccc([N+](=O)[O-])c(F)c1. The number of carbonyl (C=O) groups excluding carboxylic acids is 1. The maximum atomic E-state index is 13.5. The van der Waals surface area contributed by atoms with E-state index in [9.17, 15) is 19.3 Å². The van der Waals surface area contributed by atoms with Crippen LogP contribution in [0.15, 0.2) is 18.2 Å². The van der Waals surface area contributed by atoms with Gasteiger partial charge >= 0.3 is 5.69 Å². The van der Waals surface area contributed by atoms with Gasteiger partial charge in [0.2, 0.25) is 5.82 Å². The van der Waals surface area contributed by atoms with Crippen molar-refractivity contribution in [3.63, 3.8) is 0 Å². The zero-order valence-electron chi connectivity index (χ0n) is 11.8. The average molecular weight is 295 g/mol. The number of nitrogens with zero attached hydrogens (tertiary/aromatic N) is 2. The number of hydrogen-bond acceptors (Lipinski definition) is 4. The zero-order valence-corrected chi connectivity index (χ0v) is 11.8. The molecule has 1 unspecified atom stereocenters. The average Bonchev–Trinajstić information content (AvgIpc) is 2.90. The Kier molecular flexibility index (Phi) is 4.85. The molecule has 1 saturated heterocycles. The van der Waals surface area contributed by atoms with Gasteiger partial charge in [-0.05, 0) is 45.0 Å². The van der Waals surface area contributed by atoms with Gasteiger partial charge in [-0.2, -0.15) is 4.39 Å². The summed E-state index contributed by atoms with van der Waals surface area (Å²) in [4.78, 5) is 24.0. The molecule has 0 radical (unpaired) electrons. The molecule has 0 spiro atoms. The van der Waals surface area contributed by atoms with Crippen molar-refractivity contribution in [3.05, 3.63) is 39.7 Å². The van der Waals surface area contributed by atoms with E-state index in [0.29, 0.717) is 0 Å². The molecule has 1 fully saturated rings. The molecule has 1 N–H and O–H groups in total. The van der Waals surface area contributed by atoms with Gasteiger partial charge in [-0.15, -0.1) is 0 Å². The van der Waals surface area contributed by atoms with Gasteiger partial charge in [0, 0.05) is 24.2 Å². The summed E-state index contributed by atoms with van der Waals surface area (Å²) in [7, 11) is 0. The van der Waals surface area contributed by atoms with Crippen molar-refractivity contribution >= 4 is 11.6 Å². The molecule has 1 aliphatic rings. The lowest BCUT2D eigenvalue weighted by Gasteiger charge is -2.21. The van der Waals surface area contributed by atoms with Crippen molar-refractivity contribution in [1.29, 1.82) is 0 Å². The van der Waals surface area contributed by atoms with E-state index >= 15 is 0 Å². The number of hydrogen-bond donors (Lipinski definition) is 1. The molecule has 0 bridgehead atoms. The summed E-state index contributed by atoms with van der Waals surface area (Å²) in [5.74, 6) is -1.42. The summed E-state index contributed by atoms with van der Waals surface area (Å²) < 4.78 is 13.5. The van der Waals surface area contributed by atoms with Crippen molar-refractivity contribution in [2.24, 2.45) is 0 Å². The first-order valence-electron chi connectivity index (χ1n) is 6.94. The molecule has 1 heterocycles. The summed E-state index contributed by atoms with van der Waals surface area (Å²) in [6, 6.07) is 3.11. The first-order chi connectivity index (χ1) is 9.97. The van der Waals surface area contributed by atoms with Crippen LogP contribution < -0.4 is 5.32 Å². The van der Waals surface area contributed by atoms with Gasteiger partial charge in [0.15, 0.2) is 0 Å². The van der Waals surface area contributed by atoms with E-state index in [4.69, 9.17) is 0 Å². The third-order valence-corrected chi connectivity index (χ3v) is 3.51. The first kappa shape index (κ1) is 15.4. The number of carbonyl (C=O) groups is 1. The van der Waals surface area contributed by atoms with E-state index in [2.05, 4.69) is 10.2 Å². The van der Waals surface area contributed by atoms with Gasteiger partial charge in [0.05, 0.1) is 4.92 Å². The summed E-state index contributed by atoms with van der Waals surface area (Å²) in [6.07, 6.45) is 2.35. The Balaban J connectivity index is 1.96. The van der Waals surface area contributed by atoms with Crippen molar-refractivity contribution in [1.82, 2.24) is 10.2 Å². The molecule has 1 aliphatic heterocycles. The van der Waals surface area contributed by atoms with Crippen LogP contribution in [-0.2, 0) is 0 Å². The standard InChI is InChI=1S/C14H18FN3O3/c1-10(9-17-6-2-3-7-17)16-14(19)11-4-5-13(18(20)21)12(15)8-11/h4-5,8,10H,2-3,6-7,9H2,1H3,(H,16,19). The Morgan fingerprint density at radius 3 is 2.71 bits per heavy atom. The minimum atomic E-state index is -1.00. The van der Waals surface area contributed by atoms with Crippen LogP contribution in [0.25, 0.3) is 0 Å². The second-order valence-corrected chi connectivity index (χ2v) is 5.31. The number of nitro benzene ring substituents is 1. The number of rotatable bonds is 5. The number of amides is 1. The van der Waals surface area contributed by atoms with Gasteiger partial charge in [0.25, 0.3) is 5.91 Å². The van der Waals surface area contributed by atoms with Crippen molar-refractivity contribution in [2.45, 2.75) is 25.8 Å². The fraction of sp³-hybridized carbons (Fsp3) is 0.500. The molecule has 21 heavy (non-hydrogen) atoms. The van der Waals surface area contributed by atoms with E-state index in [-0.39, 0.29) is 11.6 Å². The van der Waals surface area contributed by atoms with Gasteiger partial charge in [-0.25, -0.2) is 0 Å². The summed E-state index contributed by atoms with van der Waals surface area (Å²) in [6.45, 7) is 4.71. The lowest BCUT2D eigenvalue weighted by Crippen LogP contribution is -2.41. The van der Waals surface area contributed by atoms with E-state index < -0.39 is 22.3 Å². The van der Waals surface area contributed by atoms with Crippen LogP contribution in [-0.4, -0.2) is 41.4 Å². The molecule has 0 aliphatic carbocycles. The molecule has 1 aromatic carbocycles. The summed E-state index contributed by atoms with van der Waals surface area (Å²) >= 11 is 0. The number of likely N-dealkylation sites (tertiary alicyclic amines) is 1. The third kappa shape index (κ3) is 3.98.